The average molecular weight is 284 g/mol. The van der Waals surface area contributed by atoms with Crippen LogP contribution >= 0.6 is 0 Å². The van der Waals surface area contributed by atoms with Gasteiger partial charge in [0.05, 0.1) is 6.61 Å². The first-order valence-corrected chi connectivity index (χ1v) is 6.53. The van der Waals surface area contributed by atoms with E-state index in [1.54, 1.807) is 0 Å². The van der Waals surface area contributed by atoms with E-state index in [2.05, 4.69) is 0 Å². The summed E-state index contributed by atoms with van der Waals surface area (Å²) in [5, 5.41) is 19.7. The molecule has 0 aliphatic carbocycles. The first-order valence-electron chi connectivity index (χ1n) is 6.53. The van der Waals surface area contributed by atoms with Gasteiger partial charge < -0.3 is 24.4 Å². The number of hydrogen-bond donors (Lipinski definition) is 2. The fourth-order valence-corrected chi connectivity index (χ4v) is 2.59. The van der Waals surface area contributed by atoms with Crippen molar-refractivity contribution in [2.75, 3.05) is 6.61 Å². The molecular formula is C14H17FO5. The summed E-state index contributed by atoms with van der Waals surface area (Å²) in [6, 6.07) is 9.19. The summed E-state index contributed by atoms with van der Waals surface area (Å²) in [5.74, 6) is -2.03. The van der Waals surface area contributed by atoms with Crippen LogP contribution in [0.25, 0.3) is 0 Å². The van der Waals surface area contributed by atoms with Crippen molar-refractivity contribution < 1.29 is 28.8 Å². The van der Waals surface area contributed by atoms with Crippen LogP contribution < -0.4 is 0 Å². The Morgan fingerprint density at radius 3 is 2.70 bits per heavy atom. The molecule has 5 nitrogen and oxygen atoms in total. The smallest absolute Gasteiger partial charge is 0.197 e. The third-order valence-corrected chi connectivity index (χ3v) is 3.67. The molecule has 3 rings (SSSR count). The van der Waals surface area contributed by atoms with E-state index in [-0.39, 0.29) is 6.61 Å². The Hall–Kier alpha value is -1.05. The van der Waals surface area contributed by atoms with Gasteiger partial charge in [-0.3, -0.25) is 0 Å². The minimum absolute atomic E-state index is 0.115. The van der Waals surface area contributed by atoms with Crippen molar-refractivity contribution in [3.63, 3.8) is 0 Å². The molecule has 6 atom stereocenters. The molecule has 2 saturated heterocycles. The number of alkyl halides is 1. The second kappa shape index (κ2) is 5.05. The van der Waals surface area contributed by atoms with Crippen LogP contribution in [0.3, 0.4) is 0 Å². The van der Waals surface area contributed by atoms with Crippen LogP contribution in [0.1, 0.15) is 18.8 Å². The largest absolute Gasteiger partial charge is 0.387 e. The van der Waals surface area contributed by atoms with E-state index >= 15 is 0 Å². The maximum Gasteiger partial charge on any atom is 0.197 e. The zero-order valence-corrected chi connectivity index (χ0v) is 11.0. The molecule has 2 aliphatic heterocycles. The van der Waals surface area contributed by atoms with Gasteiger partial charge in [0.25, 0.3) is 0 Å². The third kappa shape index (κ3) is 2.34. The van der Waals surface area contributed by atoms with E-state index in [4.69, 9.17) is 14.2 Å². The molecule has 0 aromatic heterocycles. The summed E-state index contributed by atoms with van der Waals surface area (Å²) in [6.07, 6.45) is -5.64. The number of aliphatic hydroxyl groups is 2. The van der Waals surface area contributed by atoms with Gasteiger partial charge in [0.2, 0.25) is 0 Å². The predicted molar refractivity (Wildman–Crippen MR) is 66.4 cm³/mol. The summed E-state index contributed by atoms with van der Waals surface area (Å²) in [5.41, 5.74) is 0.783. The minimum atomic E-state index is -2.03. The standard InChI is InChI=1S/C14H17FO5/c1-14(17)12(15)10(16)11-9(20-14)7-18-13(19-11)8-5-3-2-4-6-8/h2-6,9-13,16-17H,7H2,1H3/t9-,10+,11-,12-,13?,14-/m1/s1. The van der Waals surface area contributed by atoms with Crippen molar-refractivity contribution >= 4 is 0 Å². The van der Waals surface area contributed by atoms with Gasteiger partial charge in [-0.2, -0.15) is 0 Å². The number of fused-ring (bicyclic) bond motifs is 1. The number of halogens is 1. The fourth-order valence-electron chi connectivity index (χ4n) is 2.59. The highest BCUT2D eigenvalue weighted by molar-refractivity contribution is 5.16. The number of rotatable bonds is 1. The van der Waals surface area contributed by atoms with Crippen LogP contribution in [0.15, 0.2) is 30.3 Å². The number of hydrogen-bond acceptors (Lipinski definition) is 5. The highest BCUT2D eigenvalue weighted by Crippen LogP contribution is 2.37. The van der Waals surface area contributed by atoms with Crippen LogP contribution in [0.5, 0.6) is 0 Å². The summed E-state index contributed by atoms with van der Waals surface area (Å²) >= 11 is 0. The van der Waals surface area contributed by atoms with Gasteiger partial charge in [-0.05, 0) is 6.92 Å². The van der Waals surface area contributed by atoms with E-state index < -0.39 is 36.6 Å². The van der Waals surface area contributed by atoms with Crippen LogP contribution in [-0.2, 0) is 14.2 Å². The zero-order chi connectivity index (χ0) is 14.3. The fraction of sp³-hybridized carbons (Fsp3) is 0.571. The molecule has 2 heterocycles. The van der Waals surface area contributed by atoms with Gasteiger partial charge in [-0.15, -0.1) is 0 Å². The highest BCUT2D eigenvalue weighted by atomic mass is 19.1. The van der Waals surface area contributed by atoms with Crippen LogP contribution in [-0.4, -0.2) is 47.1 Å². The molecule has 0 saturated carbocycles. The summed E-state index contributed by atoms with van der Waals surface area (Å²) in [6.45, 7) is 1.30. The summed E-state index contributed by atoms with van der Waals surface area (Å²) in [7, 11) is 0. The van der Waals surface area contributed by atoms with Gasteiger partial charge in [-0.25, -0.2) is 4.39 Å². The average Bonchev–Trinajstić information content (AvgIpc) is 2.45. The van der Waals surface area contributed by atoms with Gasteiger partial charge in [-0.1, -0.05) is 30.3 Å². The van der Waals surface area contributed by atoms with E-state index in [1.165, 1.54) is 6.92 Å². The molecule has 2 fully saturated rings. The molecule has 0 radical (unpaired) electrons. The Morgan fingerprint density at radius 2 is 2.00 bits per heavy atom. The second-order valence-electron chi connectivity index (χ2n) is 5.28. The lowest BCUT2D eigenvalue weighted by Gasteiger charge is -2.48. The normalized spacial score (nSPS) is 44.9. The number of aliphatic hydroxyl groups excluding tert-OH is 1. The molecular weight excluding hydrogens is 267 g/mol. The minimum Gasteiger partial charge on any atom is -0.387 e. The molecule has 2 N–H and O–H groups in total. The number of benzene rings is 1. The monoisotopic (exact) mass is 284 g/mol. The molecule has 0 amide bonds. The SMILES string of the molecule is C[C@@]1(O)O[C@@H]2COC(c3ccccc3)O[C@H]2[C@H](O)[C@H]1F. The third-order valence-electron chi connectivity index (χ3n) is 3.67. The van der Waals surface area contributed by atoms with E-state index in [0.29, 0.717) is 0 Å². The summed E-state index contributed by atoms with van der Waals surface area (Å²) < 4.78 is 30.2. The van der Waals surface area contributed by atoms with Crippen molar-refractivity contribution in [2.45, 2.75) is 43.5 Å². The molecule has 6 heteroatoms. The maximum atomic E-state index is 13.9. The first kappa shape index (κ1) is 13.9. The van der Waals surface area contributed by atoms with Crippen molar-refractivity contribution in [2.24, 2.45) is 0 Å². The quantitative estimate of drug-likeness (QED) is 0.802. The molecule has 110 valence electrons. The van der Waals surface area contributed by atoms with Crippen LogP contribution in [0, 0.1) is 0 Å². The van der Waals surface area contributed by atoms with Crippen molar-refractivity contribution in [1.29, 1.82) is 0 Å². The Kier molecular flexibility index (Phi) is 3.51. The van der Waals surface area contributed by atoms with Crippen LogP contribution in [0.2, 0.25) is 0 Å². The molecule has 20 heavy (non-hydrogen) atoms. The summed E-state index contributed by atoms with van der Waals surface area (Å²) in [4.78, 5) is 0. The lowest BCUT2D eigenvalue weighted by Crippen LogP contribution is -2.64. The molecule has 1 unspecified atom stereocenters. The van der Waals surface area contributed by atoms with E-state index in [9.17, 15) is 14.6 Å². The lowest BCUT2D eigenvalue weighted by atomic mass is 9.94. The molecule has 0 spiro atoms. The Bertz CT molecular complexity index is 464. The molecule has 0 bridgehead atoms. The predicted octanol–water partition coefficient (Wildman–Crippen LogP) is 0.907. The molecule has 1 aromatic rings. The topological polar surface area (TPSA) is 68.2 Å². The maximum absolute atomic E-state index is 13.9. The first-order chi connectivity index (χ1) is 9.49. The second-order valence-corrected chi connectivity index (χ2v) is 5.28. The highest BCUT2D eigenvalue weighted by Gasteiger charge is 2.54. The Morgan fingerprint density at radius 1 is 1.30 bits per heavy atom. The van der Waals surface area contributed by atoms with Crippen LogP contribution in [0.4, 0.5) is 4.39 Å². The van der Waals surface area contributed by atoms with Gasteiger partial charge >= 0.3 is 0 Å². The van der Waals surface area contributed by atoms with Crippen molar-refractivity contribution in [3.05, 3.63) is 35.9 Å². The van der Waals surface area contributed by atoms with Gasteiger partial charge in [0.1, 0.15) is 18.3 Å². The molecule has 1 aromatic carbocycles. The van der Waals surface area contributed by atoms with E-state index in [1.807, 2.05) is 30.3 Å². The van der Waals surface area contributed by atoms with Gasteiger partial charge in [0, 0.05) is 5.56 Å². The Labute approximate surface area is 115 Å². The Balaban J connectivity index is 1.78. The number of ether oxygens (including phenoxy) is 3. The molecule has 2 aliphatic rings. The van der Waals surface area contributed by atoms with Crippen molar-refractivity contribution in [3.8, 4) is 0 Å². The van der Waals surface area contributed by atoms with Crippen molar-refractivity contribution in [1.82, 2.24) is 0 Å². The zero-order valence-electron chi connectivity index (χ0n) is 11.0. The van der Waals surface area contributed by atoms with Gasteiger partial charge in [0.15, 0.2) is 18.2 Å². The van der Waals surface area contributed by atoms with E-state index in [0.717, 1.165) is 5.56 Å². The lowest BCUT2D eigenvalue weighted by molar-refractivity contribution is -0.378.